The predicted molar refractivity (Wildman–Crippen MR) is 68.5 cm³/mol. The van der Waals surface area contributed by atoms with Crippen LogP contribution in [-0.4, -0.2) is 10.8 Å². The molecule has 0 amide bonds. The average Bonchev–Trinajstić information content (AvgIpc) is 2.39. The first kappa shape index (κ1) is 12.4. The van der Waals surface area contributed by atoms with Gasteiger partial charge in [-0.15, -0.1) is 11.6 Å². The Hall–Kier alpha value is -1.09. The summed E-state index contributed by atoms with van der Waals surface area (Å²) in [4.78, 5) is 10.2. The van der Waals surface area contributed by atoms with Crippen molar-refractivity contribution < 1.29 is 4.92 Å². The molecule has 4 heteroatoms. The minimum absolute atomic E-state index is 0.165. The summed E-state index contributed by atoms with van der Waals surface area (Å²) in [5, 5.41) is 10.6. The summed E-state index contributed by atoms with van der Waals surface area (Å²) in [5.41, 5.74) is 1.38. The van der Waals surface area contributed by atoms with Crippen molar-refractivity contribution in [2.75, 3.05) is 5.88 Å². The second kappa shape index (κ2) is 5.50. The highest BCUT2D eigenvalue weighted by Crippen LogP contribution is 2.36. The zero-order valence-corrected chi connectivity index (χ0v) is 10.4. The van der Waals surface area contributed by atoms with Crippen molar-refractivity contribution in [3.63, 3.8) is 0 Å². The number of halogens is 1. The van der Waals surface area contributed by atoms with Gasteiger partial charge in [-0.25, -0.2) is 0 Å². The lowest BCUT2D eigenvalue weighted by Gasteiger charge is -2.28. The number of nitro benzene ring substituents is 1. The van der Waals surface area contributed by atoms with Crippen LogP contribution in [0.1, 0.15) is 37.2 Å². The molecule has 1 fully saturated rings. The third-order valence-corrected chi connectivity index (χ3v) is 4.01. The summed E-state index contributed by atoms with van der Waals surface area (Å²) in [6.07, 6.45) is 4.71. The van der Waals surface area contributed by atoms with Crippen molar-refractivity contribution in [2.24, 2.45) is 5.92 Å². The normalized spacial score (nSPS) is 24.5. The topological polar surface area (TPSA) is 43.1 Å². The van der Waals surface area contributed by atoms with Gasteiger partial charge in [-0.05, 0) is 36.7 Å². The van der Waals surface area contributed by atoms with Gasteiger partial charge >= 0.3 is 0 Å². The molecule has 17 heavy (non-hydrogen) atoms. The van der Waals surface area contributed by atoms with E-state index in [1.165, 1.54) is 24.8 Å². The van der Waals surface area contributed by atoms with Gasteiger partial charge in [0.05, 0.1) is 4.92 Å². The van der Waals surface area contributed by atoms with Crippen LogP contribution in [0.2, 0.25) is 0 Å². The molecule has 1 aliphatic rings. The zero-order chi connectivity index (χ0) is 12.3. The summed E-state index contributed by atoms with van der Waals surface area (Å²) in [6.45, 7) is 0. The Morgan fingerprint density at radius 3 is 2.59 bits per heavy atom. The summed E-state index contributed by atoms with van der Waals surface area (Å²) in [7, 11) is 0. The lowest BCUT2D eigenvalue weighted by molar-refractivity contribution is -0.384. The van der Waals surface area contributed by atoms with Crippen molar-refractivity contribution >= 4 is 17.3 Å². The van der Waals surface area contributed by atoms with E-state index < -0.39 is 0 Å². The molecule has 0 spiro atoms. The molecule has 2 rings (SSSR count). The van der Waals surface area contributed by atoms with E-state index in [-0.39, 0.29) is 10.6 Å². The molecule has 0 N–H and O–H groups in total. The van der Waals surface area contributed by atoms with Crippen LogP contribution in [0.15, 0.2) is 24.3 Å². The molecule has 1 aliphatic carbocycles. The van der Waals surface area contributed by atoms with E-state index in [9.17, 15) is 10.1 Å². The number of nitro groups is 1. The molecule has 2 unspecified atom stereocenters. The standard InChI is InChI=1S/C13H16ClNO2/c14-9-10-2-1-3-12(8-10)11-4-6-13(7-5-11)15(16)17/h4-7,10,12H,1-3,8-9H2. The maximum atomic E-state index is 10.6. The van der Waals surface area contributed by atoms with Gasteiger partial charge in [0.2, 0.25) is 0 Å². The number of rotatable bonds is 3. The Morgan fingerprint density at radius 2 is 2.00 bits per heavy atom. The molecular weight excluding hydrogens is 238 g/mol. The number of nitrogens with zero attached hydrogens (tertiary/aromatic N) is 1. The molecule has 2 atom stereocenters. The summed E-state index contributed by atoms with van der Waals surface area (Å²) < 4.78 is 0. The number of alkyl halides is 1. The van der Waals surface area contributed by atoms with Gasteiger partial charge in [0.25, 0.3) is 5.69 Å². The highest BCUT2D eigenvalue weighted by molar-refractivity contribution is 6.18. The van der Waals surface area contributed by atoms with E-state index in [4.69, 9.17) is 11.6 Å². The van der Waals surface area contributed by atoms with Gasteiger partial charge in [0, 0.05) is 18.0 Å². The number of benzene rings is 1. The third kappa shape index (κ3) is 2.97. The molecule has 0 radical (unpaired) electrons. The van der Waals surface area contributed by atoms with Crippen LogP contribution in [0.4, 0.5) is 5.69 Å². The minimum Gasteiger partial charge on any atom is -0.258 e. The molecule has 0 heterocycles. The summed E-state index contributed by atoms with van der Waals surface area (Å²) >= 11 is 5.91. The van der Waals surface area contributed by atoms with Gasteiger partial charge < -0.3 is 0 Å². The summed E-state index contributed by atoms with van der Waals surface area (Å²) in [5.74, 6) is 1.85. The number of non-ortho nitro benzene ring substituents is 1. The van der Waals surface area contributed by atoms with Crippen molar-refractivity contribution in [2.45, 2.75) is 31.6 Å². The Morgan fingerprint density at radius 1 is 1.29 bits per heavy atom. The highest BCUT2D eigenvalue weighted by atomic mass is 35.5. The molecule has 0 saturated heterocycles. The maximum absolute atomic E-state index is 10.6. The zero-order valence-electron chi connectivity index (χ0n) is 9.64. The second-order valence-corrected chi connectivity index (χ2v) is 5.04. The molecular formula is C13H16ClNO2. The first-order chi connectivity index (χ1) is 8.20. The monoisotopic (exact) mass is 253 g/mol. The van der Waals surface area contributed by atoms with Crippen LogP contribution in [0, 0.1) is 16.0 Å². The molecule has 0 bridgehead atoms. The fourth-order valence-electron chi connectivity index (χ4n) is 2.60. The van der Waals surface area contributed by atoms with Crippen molar-refractivity contribution in [1.82, 2.24) is 0 Å². The van der Waals surface area contributed by atoms with Gasteiger partial charge in [0.15, 0.2) is 0 Å². The largest absolute Gasteiger partial charge is 0.269 e. The Kier molecular flexibility index (Phi) is 4.00. The highest BCUT2D eigenvalue weighted by Gasteiger charge is 2.22. The first-order valence-corrected chi connectivity index (χ1v) is 6.54. The van der Waals surface area contributed by atoms with Crippen LogP contribution >= 0.6 is 11.6 Å². The molecule has 1 aromatic carbocycles. The van der Waals surface area contributed by atoms with E-state index >= 15 is 0 Å². The molecule has 92 valence electrons. The van der Waals surface area contributed by atoms with E-state index in [0.717, 1.165) is 12.3 Å². The fraction of sp³-hybridized carbons (Fsp3) is 0.538. The van der Waals surface area contributed by atoms with E-state index in [1.54, 1.807) is 12.1 Å². The first-order valence-electron chi connectivity index (χ1n) is 6.01. The van der Waals surface area contributed by atoms with E-state index in [1.807, 2.05) is 12.1 Å². The Labute approximate surface area is 106 Å². The third-order valence-electron chi connectivity index (χ3n) is 3.58. The molecule has 1 aromatic rings. The molecule has 1 saturated carbocycles. The molecule has 0 aromatic heterocycles. The van der Waals surface area contributed by atoms with Gasteiger partial charge in [-0.2, -0.15) is 0 Å². The van der Waals surface area contributed by atoms with Crippen LogP contribution in [0.5, 0.6) is 0 Å². The average molecular weight is 254 g/mol. The lowest BCUT2D eigenvalue weighted by Crippen LogP contribution is -2.15. The summed E-state index contributed by atoms with van der Waals surface area (Å²) in [6, 6.07) is 6.97. The Balaban J connectivity index is 2.08. The number of hydrogen-bond acceptors (Lipinski definition) is 2. The Bertz CT molecular complexity index is 391. The smallest absolute Gasteiger partial charge is 0.258 e. The quantitative estimate of drug-likeness (QED) is 0.462. The second-order valence-electron chi connectivity index (χ2n) is 4.73. The molecule has 0 aliphatic heterocycles. The fourth-order valence-corrected chi connectivity index (χ4v) is 2.88. The van der Waals surface area contributed by atoms with Gasteiger partial charge in [-0.1, -0.05) is 18.6 Å². The lowest BCUT2D eigenvalue weighted by atomic mass is 9.79. The van der Waals surface area contributed by atoms with E-state index in [2.05, 4.69) is 0 Å². The van der Waals surface area contributed by atoms with Gasteiger partial charge in [-0.3, -0.25) is 10.1 Å². The van der Waals surface area contributed by atoms with Crippen molar-refractivity contribution in [3.05, 3.63) is 39.9 Å². The SMILES string of the molecule is O=[N+]([O-])c1ccc(C2CCCC(CCl)C2)cc1. The molecule has 3 nitrogen and oxygen atoms in total. The predicted octanol–water partition coefficient (Wildman–Crippen LogP) is 4.11. The van der Waals surface area contributed by atoms with Crippen molar-refractivity contribution in [3.8, 4) is 0 Å². The van der Waals surface area contributed by atoms with Crippen LogP contribution in [0.25, 0.3) is 0 Å². The van der Waals surface area contributed by atoms with Gasteiger partial charge in [0.1, 0.15) is 0 Å². The minimum atomic E-state index is -0.355. The number of hydrogen-bond donors (Lipinski definition) is 0. The maximum Gasteiger partial charge on any atom is 0.269 e. The van der Waals surface area contributed by atoms with E-state index in [0.29, 0.717) is 11.8 Å². The van der Waals surface area contributed by atoms with Crippen LogP contribution in [0.3, 0.4) is 0 Å². The van der Waals surface area contributed by atoms with Crippen LogP contribution in [-0.2, 0) is 0 Å². The van der Waals surface area contributed by atoms with Crippen LogP contribution < -0.4 is 0 Å². The van der Waals surface area contributed by atoms with Crippen molar-refractivity contribution in [1.29, 1.82) is 0 Å².